The van der Waals surface area contributed by atoms with Crippen LogP contribution in [0.3, 0.4) is 0 Å². The molecule has 0 aliphatic heterocycles. The summed E-state index contributed by atoms with van der Waals surface area (Å²) in [5, 5.41) is 3.16. The second kappa shape index (κ2) is 5.53. The third kappa shape index (κ3) is 3.01. The summed E-state index contributed by atoms with van der Waals surface area (Å²) < 4.78 is 0.748. The molecule has 1 aliphatic carbocycles. The fraction of sp³-hybridized carbons (Fsp3) is 0.692. The maximum Gasteiger partial charge on any atom is 0.225 e. The number of carbonyl (C=O) groups excluding carboxylic acids is 1. The molecule has 0 aromatic carbocycles. The topological polar surface area (TPSA) is 44.9 Å². The highest BCUT2D eigenvalue weighted by Gasteiger charge is 2.30. The van der Waals surface area contributed by atoms with Crippen LogP contribution in [0.4, 0.5) is 0 Å². The van der Waals surface area contributed by atoms with Gasteiger partial charge in [-0.1, -0.05) is 13.8 Å². The number of aromatic amines is 1. The first-order valence-corrected chi connectivity index (χ1v) is 7.67. The Morgan fingerprint density at radius 1 is 1.50 bits per heavy atom. The number of nitrogens with one attached hydrogen (secondary N) is 2. The van der Waals surface area contributed by atoms with Crippen molar-refractivity contribution >= 4 is 29.5 Å². The van der Waals surface area contributed by atoms with Gasteiger partial charge in [-0.05, 0) is 43.8 Å². The van der Waals surface area contributed by atoms with E-state index in [0.29, 0.717) is 24.3 Å². The Labute approximate surface area is 117 Å². The van der Waals surface area contributed by atoms with Crippen LogP contribution in [0.2, 0.25) is 0 Å². The Balaban J connectivity index is 1.93. The average molecular weight is 284 g/mol. The number of amides is 1. The number of thiazole rings is 1. The molecule has 1 saturated carbocycles. The molecule has 18 heavy (non-hydrogen) atoms. The highest BCUT2D eigenvalue weighted by molar-refractivity contribution is 7.73. The molecule has 1 amide bonds. The van der Waals surface area contributed by atoms with Gasteiger partial charge in [-0.2, -0.15) is 0 Å². The standard InChI is InChI=1S/C13H20N2OS2/c1-7-4-5-10(8(7)2)15-12(16)6-11-9(3)14-13(17)18-11/h7-8,10H,4-6H2,1-3H3,(H,14,17)(H,15,16). The summed E-state index contributed by atoms with van der Waals surface area (Å²) in [5.74, 6) is 1.42. The maximum absolute atomic E-state index is 12.0. The third-order valence-corrected chi connectivity index (χ3v) is 5.39. The maximum atomic E-state index is 12.0. The number of aromatic nitrogens is 1. The van der Waals surface area contributed by atoms with Crippen molar-refractivity contribution < 1.29 is 4.79 Å². The van der Waals surface area contributed by atoms with Gasteiger partial charge >= 0.3 is 0 Å². The highest BCUT2D eigenvalue weighted by atomic mass is 32.1. The Kier molecular flexibility index (Phi) is 4.22. The van der Waals surface area contributed by atoms with E-state index in [-0.39, 0.29) is 5.91 Å². The molecular weight excluding hydrogens is 264 g/mol. The van der Waals surface area contributed by atoms with Gasteiger partial charge in [0.05, 0.1) is 6.42 Å². The lowest BCUT2D eigenvalue weighted by Crippen LogP contribution is -2.38. The fourth-order valence-electron chi connectivity index (χ4n) is 2.58. The average Bonchev–Trinajstić information content (AvgIpc) is 2.76. The smallest absolute Gasteiger partial charge is 0.225 e. The number of hydrogen-bond acceptors (Lipinski definition) is 3. The summed E-state index contributed by atoms with van der Waals surface area (Å²) in [6, 6.07) is 0.347. The molecule has 0 bridgehead atoms. The molecule has 0 radical (unpaired) electrons. The summed E-state index contributed by atoms with van der Waals surface area (Å²) in [7, 11) is 0. The molecule has 2 rings (SSSR count). The van der Waals surface area contributed by atoms with E-state index in [1.807, 2.05) is 6.92 Å². The van der Waals surface area contributed by atoms with E-state index in [0.717, 1.165) is 20.9 Å². The predicted octanol–water partition coefficient (Wildman–Crippen LogP) is 3.21. The van der Waals surface area contributed by atoms with Gasteiger partial charge < -0.3 is 10.3 Å². The molecule has 0 spiro atoms. The lowest BCUT2D eigenvalue weighted by Gasteiger charge is -2.19. The quantitative estimate of drug-likeness (QED) is 0.837. The molecule has 100 valence electrons. The van der Waals surface area contributed by atoms with Crippen LogP contribution in [0.1, 0.15) is 37.3 Å². The Bertz CT molecular complexity index is 491. The van der Waals surface area contributed by atoms with E-state index >= 15 is 0 Å². The van der Waals surface area contributed by atoms with Crippen LogP contribution in [-0.2, 0) is 11.2 Å². The molecule has 1 heterocycles. The zero-order valence-electron chi connectivity index (χ0n) is 11.1. The molecule has 5 heteroatoms. The Hall–Kier alpha value is -0.680. The van der Waals surface area contributed by atoms with E-state index in [2.05, 4.69) is 24.1 Å². The number of hydrogen-bond donors (Lipinski definition) is 2. The second-order valence-corrected chi connectivity index (χ2v) is 7.10. The zero-order chi connectivity index (χ0) is 13.3. The van der Waals surface area contributed by atoms with Gasteiger partial charge in [0.25, 0.3) is 0 Å². The van der Waals surface area contributed by atoms with Crippen LogP contribution in [0.15, 0.2) is 0 Å². The lowest BCUT2D eigenvalue weighted by atomic mass is 9.98. The highest BCUT2D eigenvalue weighted by Crippen LogP contribution is 2.31. The Morgan fingerprint density at radius 3 is 2.72 bits per heavy atom. The minimum absolute atomic E-state index is 0.120. The molecule has 1 aliphatic rings. The summed E-state index contributed by atoms with van der Waals surface area (Å²) in [4.78, 5) is 16.2. The number of carbonyl (C=O) groups is 1. The van der Waals surface area contributed by atoms with Crippen molar-refractivity contribution in [3.8, 4) is 0 Å². The summed E-state index contributed by atoms with van der Waals surface area (Å²) in [6.45, 7) is 6.46. The van der Waals surface area contributed by atoms with Gasteiger partial charge in [-0.25, -0.2) is 0 Å². The first kappa shape index (κ1) is 13.7. The van der Waals surface area contributed by atoms with Gasteiger partial charge in [-0.15, -0.1) is 11.3 Å². The van der Waals surface area contributed by atoms with E-state index in [4.69, 9.17) is 12.2 Å². The largest absolute Gasteiger partial charge is 0.353 e. The first-order valence-electron chi connectivity index (χ1n) is 6.45. The van der Waals surface area contributed by atoms with Gasteiger partial charge in [-0.3, -0.25) is 4.79 Å². The van der Waals surface area contributed by atoms with E-state index in [1.54, 1.807) is 0 Å². The van der Waals surface area contributed by atoms with Crippen molar-refractivity contribution in [1.29, 1.82) is 0 Å². The molecule has 3 nitrogen and oxygen atoms in total. The lowest BCUT2D eigenvalue weighted by molar-refractivity contribution is -0.121. The second-order valence-electron chi connectivity index (χ2n) is 5.33. The van der Waals surface area contributed by atoms with E-state index < -0.39 is 0 Å². The third-order valence-electron chi connectivity index (χ3n) is 4.06. The summed E-state index contributed by atoms with van der Waals surface area (Å²) >= 11 is 6.58. The van der Waals surface area contributed by atoms with Crippen LogP contribution < -0.4 is 5.32 Å². The van der Waals surface area contributed by atoms with Gasteiger partial charge in [0.15, 0.2) is 3.95 Å². The van der Waals surface area contributed by atoms with Crippen molar-refractivity contribution in [3.05, 3.63) is 14.5 Å². The van der Waals surface area contributed by atoms with Gasteiger partial charge in [0.1, 0.15) is 0 Å². The molecule has 3 unspecified atom stereocenters. The fourth-order valence-corrected chi connectivity index (χ4v) is 3.87. The monoisotopic (exact) mass is 284 g/mol. The molecule has 1 aromatic rings. The van der Waals surface area contributed by atoms with Gasteiger partial charge in [0.2, 0.25) is 5.91 Å². The van der Waals surface area contributed by atoms with Gasteiger partial charge in [0, 0.05) is 16.6 Å². The van der Waals surface area contributed by atoms with E-state index in [1.165, 1.54) is 17.8 Å². The number of H-pyrrole nitrogens is 1. The minimum Gasteiger partial charge on any atom is -0.353 e. The molecule has 3 atom stereocenters. The molecule has 1 fully saturated rings. The molecule has 2 N–H and O–H groups in total. The van der Waals surface area contributed by atoms with Crippen LogP contribution >= 0.6 is 23.6 Å². The first-order chi connectivity index (χ1) is 8.47. The summed E-state index contributed by atoms with van der Waals surface area (Å²) in [6.07, 6.45) is 2.77. The molecule has 0 saturated heterocycles. The van der Waals surface area contributed by atoms with Crippen molar-refractivity contribution in [2.75, 3.05) is 0 Å². The van der Waals surface area contributed by atoms with Crippen LogP contribution in [0.5, 0.6) is 0 Å². The van der Waals surface area contributed by atoms with E-state index in [9.17, 15) is 4.79 Å². The minimum atomic E-state index is 0.120. The van der Waals surface area contributed by atoms with Crippen LogP contribution in [0, 0.1) is 22.7 Å². The molecule has 1 aromatic heterocycles. The number of rotatable bonds is 3. The van der Waals surface area contributed by atoms with Crippen LogP contribution in [0.25, 0.3) is 0 Å². The van der Waals surface area contributed by atoms with Crippen molar-refractivity contribution in [2.45, 2.75) is 46.1 Å². The van der Waals surface area contributed by atoms with Crippen molar-refractivity contribution in [2.24, 2.45) is 11.8 Å². The Morgan fingerprint density at radius 2 is 2.22 bits per heavy atom. The van der Waals surface area contributed by atoms with Crippen molar-refractivity contribution in [3.63, 3.8) is 0 Å². The normalized spacial score (nSPS) is 27.4. The zero-order valence-corrected chi connectivity index (χ0v) is 12.7. The SMILES string of the molecule is Cc1[nH]c(=S)sc1CC(=O)NC1CCC(C)C1C. The van der Waals surface area contributed by atoms with Crippen LogP contribution in [-0.4, -0.2) is 16.9 Å². The summed E-state index contributed by atoms with van der Waals surface area (Å²) in [5.41, 5.74) is 1.02. The van der Waals surface area contributed by atoms with Crippen molar-refractivity contribution in [1.82, 2.24) is 10.3 Å². The molecular formula is C13H20N2OS2. The number of aryl methyl sites for hydroxylation is 1. The predicted molar refractivity (Wildman–Crippen MR) is 77.4 cm³/mol.